The van der Waals surface area contributed by atoms with Gasteiger partial charge in [0, 0.05) is 11.1 Å². The van der Waals surface area contributed by atoms with E-state index in [1.807, 2.05) is 0 Å². The second-order valence-electron chi connectivity index (χ2n) is 4.32. The lowest BCUT2D eigenvalue weighted by atomic mass is 10.2. The molecule has 0 bridgehead atoms. The molecular formula is C15H10ClNO4. The number of para-hydroxylation sites is 1. The predicted molar refractivity (Wildman–Crippen MR) is 78.2 cm³/mol. The van der Waals surface area contributed by atoms with Crippen LogP contribution in [0.2, 0.25) is 5.02 Å². The van der Waals surface area contributed by atoms with Crippen molar-refractivity contribution in [1.82, 2.24) is 4.57 Å². The number of benzene rings is 2. The van der Waals surface area contributed by atoms with Crippen LogP contribution in [0.4, 0.5) is 0 Å². The zero-order chi connectivity index (χ0) is 15.0. The fraction of sp³-hybridized carbons (Fsp3) is 0.0667. The Balaban J connectivity index is 2.23. The zero-order valence-electron chi connectivity index (χ0n) is 11.0. The number of carbonyl (C=O) groups excluding carboxylic acids is 1. The molecule has 5 nitrogen and oxygen atoms in total. The highest BCUT2D eigenvalue weighted by molar-refractivity contribution is 6.31. The maximum absolute atomic E-state index is 12.6. The summed E-state index contributed by atoms with van der Waals surface area (Å²) in [6.45, 7) is 0. The first-order valence-corrected chi connectivity index (χ1v) is 6.48. The van der Waals surface area contributed by atoms with Gasteiger partial charge in [0.05, 0.1) is 18.2 Å². The summed E-state index contributed by atoms with van der Waals surface area (Å²) in [5.74, 6) is -0.889. The Morgan fingerprint density at radius 2 is 2.00 bits per heavy atom. The van der Waals surface area contributed by atoms with Gasteiger partial charge in [0.1, 0.15) is 5.75 Å². The molecule has 0 amide bonds. The van der Waals surface area contributed by atoms with E-state index in [4.69, 9.17) is 20.8 Å². The van der Waals surface area contributed by atoms with E-state index in [0.29, 0.717) is 16.3 Å². The van der Waals surface area contributed by atoms with Crippen LogP contribution >= 0.6 is 11.6 Å². The smallest absolute Gasteiger partial charge is 0.427 e. The molecule has 0 aliphatic heterocycles. The fourth-order valence-electron chi connectivity index (χ4n) is 2.13. The highest BCUT2D eigenvalue weighted by Gasteiger charge is 2.20. The average Bonchev–Trinajstić information content (AvgIpc) is 2.81. The van der Waals surface area contributed by atoms with Crippen LogP contribution in [0.5, 0.6) is 5.75 Å². The summed E-state index contributed by atoms with van der Waals surface area (Å²) < 4.78 is 11.2. The van der Waals surface area contributed by atoms with Gasteiger partial charge in [-0.1, -0.05) is 23.7 Å². The molecule has 1 heterocycles. The number of methoxy groups -OCH3 is 1. The molecule has 0 aliphatic carbocycles. The van der Waals surface area contributed by atoms with E-state index in [1.165, 1.54) is 13.2 Å². The molecule has 0 N–H and O–H groups in total. The lowest BCUT2D eigenvalue weighted by Gasteiger charge is -2.07. The van der Waals surface area contributed by atoms with Crippen LogP contribution in [0.1, 0.15) is 10.4 Å². The minimum atomic E-state index is -0.761. The number of fused-ring (bicyclic) bond motifs is 1. The van der Waals surface area contributed by atoms with E-state index in [-0.39, 0.29) is 11.1 Å². The van der Waals surface area contributed by atoms with Crippen molar-refractivity contribution in [3.63, 3.8) is 0 Å². The Kier molecular flexibility index (Phi) is 3.27. The minimum Gasteiger partial charge on any atom is -0.496 e. The van der Waals surface area contributed by atoms with Gasteiger partial charge in [0.25, 0.3) is 5.91 Å². The summed E-state index contributed by atoms with van der Waals surface area (Å²) in [5, 5.41) is 0.424. The first-order valence-electron chi connectivity index (χ1n) is 6.10. The second kappa shape index (κ2) is 5.10. The number of carbonyl (C=O) groups is 1. The van der Waals surface area contributed by atoms with Gasteiger partial charge >= 0.3 is 5.76 Å². The molecule has 0 atom stereocenters. The maximum atomic E-state index is 12.6. The lowest BCUT2D eigenvalue weighted by molar-refractivity contribution is 0.0953. The number of ether oxygens (including phenoxy) is 1. The number of nitrogens with zero attached hydrogens (tertiary/aromatic N) is 1. The van der Waals surface area contributed by atoms with Crippen molar-refractivity contribution in [3.05, 3.63) is 63.6 Å². The van der Waals surface area contributed by atoms with E-state index >= 15 is 0 Å². The Morgan fingerprint density at radius 3 is 2.76 bits per heavy atom. The summed E-state index contributed by atoms with van der Waals surface area (Å²) in [6.07, 6.45) is 0. The molecule has 3 aromatic rings. The molecule has 1 aromatic heterocycles. The quantitative estimate of drug-likeness (QED) is 0.730. The SMILES string of the molecule is COc1ccccc1C(=O)n1c(=O)oc2cc(Cl)ccc21. The third-order valence-corrected chi connectivity index (χ3v) is 3.32. The van der Waals surface area contributed by atoms with Crippen LogP contribution in [0.25, 0.3) is 11.1 Å². The summed E-state index contributed by atoms with van der Waals surface area (Å²) in [6, 6.07) is 11.3. The van der Waals surface area contributed by atoms with E-state index in [2.05, 4.69) is 0 Å². The van der Waals surface area contributed by atoms with Crippen molar-refractivity contribution < 1.29 is 13.9 Å². The third-order valence-electron chi connectivity index (χ3n) is 3.08. The molecule has 0 spiro atoms. The Hall–Kier alpha value is -2.53. The van der Waals surface area contributed by atoms with Crippen molar-refractivity contribution in [2.24, 2.45) is 0 Å². The van der Waals surface area contributed by atoms with Crippen molar-refractivity contribution >= 4 is 28.6 Å². The van der Waals surface area contributed by atoms with E-state index in [1.54, 1.807) is 36.4 Å². The van der Waals surface area contributed by atoms with Gasteiger partial charge in [-0.25, -0.2) is 9.36 Å². The Labute approximate surface area is 124 Å². The number of oxazole rings is 1. The maximum Gasteiger partial charge on any atom is 0.427 e. The lowest BCUT2D eigenvalue weighted by Crippen LogP contribution is -2.23. The zero-order valence-corrected chi connectivity index (χ0v) is 11.8. The molecule has 106 valence electrons. The highest BCUT2D eigenvalue weighted by Crippen LogP contribution is 2.22. The van der Waals surface area contributed by atoms with Crippen LogP contribution < -0.4 is 10.5 Å². The monoisotopic (exact) mass is 303 g/mol. The van der Waals surface area contributed by atoms with Crippen LogP contribution in [-0.4, -0.2) is 17.6 Å². The van der Waals surface area contributed by atoms with Gasteiger partial charge in [-0.05, 0) is 24.3 Å². The fourth-order valence-corrected chi connectivity index (χ4v) is 2.29. The molecular weight excluding hydrogens is 294 g/mol. The van der Waals surface area contributed by atoms with Gasteiger partial charge < -0.3 is 9.15 Å². The van der Waals surface area contributed by atoms with Crippen molar-refractivity contribution in [1.29, 1.82) is 0 Å². The summed E-state index contributed by atoms with van der Waals surface area (Å²) in [4.78, 5) is 24.6. The van der Waals surface area contributed by atoms with Crippen molar-refractivity contribution in [3.8, 4) is 5.75 Å². The van der Waals surface area contributed by atoms with E-state index in [0.717, 1.165) is 4.57 Å². The summed E-state index contributed by atoms with van der Waals surface area (Å²) >= 11 is 5.85. The van der Waals surface area contributed by atoms with Gasteiger partial charge in [-0.3, -0.25) is 4.79 Å². The Morgan fingerprint density at radius 1 is 1.24 bits per heavy atom. The largest absolute Gasteiger partial charge is 0.496 e. The molecule has 6 heteroatoms. The number of halogens is 1. The van der Waals surface area contributed by atoms with Crippen LogP contribution in [0.15, 0.2) is 51.7 Å². The predicted octanol–water partition coefficient (Wildman–Crippen LogP) is 2.95. The normalized spacial score (nSPS) is 10.8. The second-order valence-corrected chi connectivity index (χ2v) is 4.76. The summed E-state index contributed by atoms with van der Waals surface area (Å²) in [7, 11) is 1.46. The van der Waals surface area contributed by atoms with Gasteiger partial charge in [-0.2, -0.15) is 0 Å². The van der Waals surface area contributed by atoms with Crippen LogP contribution in [0.3, 0.4) is 0 Å². The molecule has 0 fully saturated rings. The molecule has 0 radical (unpaired) electrons. The highest BCUT2D eigenvalue weighted by atomic mass is 35.5. The first-order chi connectivity index (χ1) is 10.1. The summed E-state index contributed by atoms with van der Waals surface area (Å²) in [5.41, 5.74) is 0.899. The third kappa shape index (κ3) is 2.21. The molecule has 0 saturated carbocycles. The van der Waals surface area contributed by atoms with E-state index < -0.39 is 11.7 Å². The van der Waals surface area contributed by atoms with Crippen LogP contribution in [0, 0.1) is 0 Å². The molecule has 0 unspecified atom stereocenters. The first kappa shape index (κ1) is 13.5. The number of hydrogen-bond donors (Lipinski definition) is 0. The van der Waals surface area contributed by atoms with Crippen LogP contribution in [-0.2, 0) is 0 Å². The number of aromatic nitrogens is 1. The van der Waals surface area contributed by atoms with Gasteiger partial charge in [0.15, 0.2) is 5.58 Å². The molecule has 0 aliphatic rings. The van der Waals surface area contributed by atoms with Crippen molar-refractivity contribution in [2.75, 3.05) is 7.11 Å². The topological polar surface area (TPSA) is 61.4 Å². The Bertz CT molecular complexity index is 894. The van der Waals surface area contributed by atoms with E-state index in [9.17, 15) is 9.59 Å². The van der Waals surface area contributed by atoms with Gasteiger partial charge in [0.2, 0.25) is 0 Å². The average molecular weight is 304 g/mol. The molecule has 2 aromatic carbocycles. The van der Waals surface area contributed by atoms with Crippen molar-refractivity contribution in [2.45, 2.75) is 0 Å². The number of rotatable bonds is 2. The van der Waals surface area contributed by atoms with Gasteiger partial charge in [-0.15, -0.1) is 0 Å². The molecule has 3 rings (SSSR count). The number of hydrogen-bond acceptors (Lipinski definition) is 4. The molecule has 21 heavy (non-hydrogen) atoms. The minimum absolute atomic E-state index is 0.260. The standard InChI is InChI=1S/C15H10ClNO4/c1-20-12-5-3-2-4-10(12)14(18)17-11-7-6-9(16)8-13(11)21-15(17)19/h2-8H,1H3. The molecule has 0 saturated heterocycles.